The van der Waals surface area contributed by atoms with Crippen LogP contribution in [0.3, 0.4) is 0 Å². The van der Waals surface area contributed by atoms with E-state index in [2.05, 4.69) is 15.5 Å². The first kappa shape index (κ1) is 16.0. The second-order valence-electron chi connectivity index (χ2n) is 5.44. The summed E-state index contributed by atoms with van der Waals surface area (Å²) < 4.78 is 45.1. The van der Waals surface area contributed by atoms with Gasteiger partial charge in [-0.2, -0.15) is 0 Å². The lowest BCUT2D eigenvalue weighted by atomic mass is 10.1. The van der Waals surface area contributed by atoms with Gasteiger partial charge in [0.15, 0.2) is 11.6 Å². The highest BCUT2D eigenvalue weighted by Crippen LogP contribution is 2.24. The molecule has 7 heteroatoms. The summed E-state index contributed by atoms with van der Waals surface area (Å²) in [4.78, 5) is 0. The van der Waals surface area contributed by atoms with Crippen LogP contribution in [0.4, 0.5) is 19.2 Å². The van der Waals surface area contributed by atoms with Crippen LogP contribution in [0.5, 0.6) is 0 Å². The molecule has 1 aromatic heterocycles. The first-order valence-electron chi connectivity index (χ1n) is 7.22. The molecule has 0 unspecified atom stereocenters. The van der Waals surface area contributed by atoms with Gasteiger partial charge in [-0.15, -0.1) is 5.10 Å². The highest BCUT2D eigenvalue weighted by Gasteiger charge is 2.13. The van der Waals surface area contributed by atoms with Gasteiger partial charge in [-0.25, -0.2) is 13.2 Å². The van der Waals surface area contributed by atoms with E-state index in [0.29, 0.717) is 12.0 Å². The lowest BCUT2D eigenvalue weighted by Crippen LogP contribution is -2.03. The number of anilines is 1. The van der Waals surface area contributed by atoms with E-state index in [-0.39, 0.29) is 18.1 Å². The standard InChI is InChI=1S/C17H14F3N3O/c1-9-3-4-12(10(2)5-9)16-22-23-17(24-16)21-8-11-6-14(19)15(20)7-13(11)18/h3-7H,8H2,1-2H3,(H,21,23). The Hall–Kier alpha value is -2.83. The molecule has 0 aliphatic carbocycles. The fourth-order valence-electron chi connectivity index (χ4n) is 2.33. The average Bonchev–Trinajstić information content (AvgIpc) is 2.98. The van der Waals surface area contributed by atoms with Crippen LogP contribution in [0, 0.1) is 31.3 Å². The van der Waals surface area contributed by atoms with Gasteiger partial charge in [0.05, 0.1) is 0 Å². The molecule has 2 aromatic carbocycles. The number of aromatic nitrogens is 2. The highest BCUT2D eigenvalue weighted by atomic mass is 19.2. The van der Waals surface area contributed by atoms with Crippen LogP contribution in [0.1, 0.15) is 16.7 Å². The van der Waals surface area contributed by atoms with Crippen LogP contribution in [0.15, 0.2) is 34.7 Å². The van der Waals surface area contributed by atoms with Crippen LogP contribution in [0.2, 0.25) is 0 Å². The topological polar surface area (TPSA) is 51.0 Å². The molecule has 4 nitrogen and oxygen atoms in total. The minimum absolute atomic E-state index is 0.0415. The predicted molar refractivity (Wildman–Crippen MR) is 82.9 cm³/mol. The van der Waals surface area contributed by atoms with Gasteiger partial charge in [-0.05, 0) is 31.5 Å². The second-order valence-corrected chi connectivity index (χ2v) is 5.44. The Labute approximate surface area is 136 Å². The Morgan fingerprint density at radius 1 is 0.958 bits per heavy atom. The summed E-state index contributed by atoms with van der Waals surface area (Å²) in [5.74, 6) is -2.88. The zero-order valence-electron chi connectivity index (χ0n) is 13.0. The molecule has 3 rings (SSSR count). The highest BCUT2D eigenvalue weighted by molar-refractivity contribution is 5.59. The third-order valence-electron chi connectivity index (χ3n) is 3.56. The van der Waals surface area contributed by atoms with Gasteiger partial charge in [0, 0.05) is 23.7 Å². The first-order chi connectivity index (χ1) is 11.4. The van der Waals surface area contributed by atoms with E-state index in [9.17, 15) is 13.2 Å². The third kappa shape index (κ3) is 3.24. The Morgan fingerprint density at radius 2 is 1.71 bits per heavy atom. The van der Waals surface area contributed by atoms with Crippen molar-refractivity contribution in [2.75, 3.05) is 5.32 Å². The van der Waals surface area contributed by atoms with Crippen molar-refractivity contribution >= 4 is 6.01 Å². The van der Waals surface area contributed by atoms with Gasteiger partial charge in [0.25, 0.3) is 0 Å². The average molecular weight is 333 g/mol. The number of nitrogens with one attached hydrogen (secondary N) is 1. The van der Waals surface area contributed by atoms with Crippen molar-refractivity contribution in [2.45, 2.75) is 20.4 Å². The molecular formula is C17H14F3N3O. The number of benzene rings is 2. The van der Waals surface area contributed by atoms with Crippen molar-refractivity contribution in [3.8, 4) is 11.5 Å². The zero-order chi connectivity index (χ0) is 17.3. The van der Waals surface area contributed by atoms with Crippen LogP contribution < -0.4 is 5.32 Å². The molecule has 0 fully saturated rings. The number of hydrogen-bond donors (Lipinski definition) is 1. The lowest BCUT2D eigenvalue weighted by Gasteiger charge is -2.04. The second kappa shape index (κ2) is 6.35. The Morgan fingerprint density at radius 3 is 2.46 bits per heavy atom. The maximum Gasteiger partial charge on any atom is 0.316 e. The Kier molecular flexibility index (Phi) is 4.24. The van der Waals surface area contributed by atoms with Crippen molar-refractivity contribution in [2.24, 2.45) is 0 Å². The summed E-state index contributed by atoms with van der Waals surface area (Å²) >= 11 is 0. The number of aryl methyl sites for hydroxylation is 2. The molecule has 0 bridgehead atoms. The molecule has 1 heterocycles. The van der Waals surface area contributed by atoms with Crippen LogP contribution in [-0.4, -0.2) is 10.2 Å². The quantitative estimate of drug-likeness (QED) is 0.720. The normalized spacial score (nSPS) is 10.9. The fourth-order valence-corrected chi connectivity index (χ4v) is 2.33. The summed E-state index contributed by atoms with van der Waals surface area (Å²) in [6.07, 6.45) is 0. The van der Waals surface area contributed by atoms with Gasteiger partial charge in [0.1, 0.15) is 5.82 Å². The van der Waals surface area contributed by atoms with Gasteiger partial charge in [-0.1, -0.05) is 22.8 Å². The number of hydrogen-bond acceptors (Lipinski definition) is 4. The smallest absolute Gasteiger partial charge is 0.316 e. The maximum atomic E-state index is 13.6. The fraction of sp³-hybridized carbons (Fsp3) is 0.176. The van der Waals surface area contributed by atoms with E-state index < -0.39 is 17.5 Å². The summed E-state index contributed by atoms with van der Waals surface area (Å²) in [6, 6.07) is 7.14. The molecule has 0 amide bonds. The third-order valence-corrected chi connectivity index (χ3v) is 3.56. The number of halogens is 3. The lowest BCUT2D eigenvalue weighted by molar-refractivity contribution is 0.490. The van der Waals surface area contributed by atoms with E-state index in [0.717, 1.165) is 22.8 Å². The molecule has 1 N–H and O–H groups in total. The molecule has 0 atom stereocenters. The summed E-state index contributed by atoms with van der Waals surface area (Å²) in [5, 5.41) is 10.5. The molecule has 124 valence electrons. The van der Waals surface area contributed by atoms with Gasteiger partial charge in [-0.3, -0.25) is 0 Å². The van der Waals surface area contributed by atoms with E-state index in [4.69, 9.17) is 4.42 Å². The maximum absolute atomic E-state index is 13.6. The molecule has 0 saturated heterocycles. The molecule has 0 spiro atoms. The van der Waals surface area contributed by atoms with Crippen LogP contribution in [-0.2, 0) is 6.54 Å². The van der Waals surface area contributed by atoms with Crippen LogP contribution in [0.25, 0.3) is 11.5 Å². The summed E-state index contributed by atoms with van der Waals surface area (Å²) in [7, 11) is 0. The SMILES string of the molecule is Cc1ccc(-c2nnc(NCc3cc(F)c(F)cc3F)o2)c(C)c1. The van der Waals surface area contributed by atoms with Crippen molar-refractivity contribution in [1.82, 2.24) is 10.2 Å². The molecule has 0 radical (unpaired) electrons. The first-order valence-corrected chi connectivity index (χ1v) is 7.22. The predicted octanol–water partition coefficient (Wildman–Crippen LogP) is 4.38. The minimum atomic E-state index is -1.23. The molecule has 24 heavy (non-hydrogen) atoms. The van der Waals surface area contributed by atoms with E-state index >= 15 is 0 Å². The summed E-state index contributed by atoms with van der Waals surface area (Å²) in [6.45, 7) is 3.79. The molecule has 0 aliphatic heterocycles. The van der Waals surface area contributed by atoms with Crippen molar-refractivity contribution in [3.63, 3.8) is 0 Å². The molecule has 0 aliphatic rings. The largest absolute Gasteiger partial charge is 0.403 e. The molecule has 0 saturated carbocycles. The van der Waals surface area contributed by atoms with Crippen molar-refractivity contribution in [3.05, 3.63) is 64.5 Å². The number of rotatable bonds is 4. The van der Waals surface area contributed by atoms with E-state index in [1.54, 1.807) is 0 Å². The Bertz CT molecular complexity index is 893. The van der Waals surface area contributed by atoms with Crippen LogP contribution >= 0.6 is 0 Å². The van der Waals surface area contributed by atoms with Gasteiger partial charge >= 0.3 is 6.01 Å². The van der Waals surface area contributed by atoms with Gasteiger partial charge in [0.2, 0.25) is 5.89 Å². The molecule has 3 aromatic rings. The monoisotopic (exact) mass is 333 g/mol. The van der Waals surface area contributed by atoms with Gasteiger partial charge < -0.3 is 9.73 Å². The minimum Gasteiger partial charge on any atom is -0.403 e. The summed E-state index contributed by atoms with van der Waals surface area (Å²) in [5.41, 5.74) is 2.85. The van der Waals surface area contributed by atoms with E-state index in [1.807, 2.05) is 32.0 Å². The van der Waals surface area contributed by atoms with Crippen molar-refractivity contribution < 1.29 is 17.6 Å². The van der Waals surface area contributed by atoms with Crippen molar-refractivity contribution in [1.29, 1.82) is 0 Å². The zero-order valence-corrected chi connectivity index (χ0v) is 13.0. The molecular weight excluding hydrogens is 319 g/mol. The number of nitrogens with zero attached hydrogens (tertiary/aromatic N) is 2. The Balaban J connectivity index is 1.76. The van der Waals surface area contributed by atoms with E-state index in [1.165, 1.54) is 0 Å².